The predicted molar refractivity (Wildman–Crippen MR) is 240 cm³/mol. The van der Waals surface area contributed by atoms with Crippen LogP contribution < -0.4 is 0 Å². The standard InChI is InChI=1S/C49H74O18/c1-10-11-12-13-14-15-16-17-18-19-20-21-22-23-27-30-41(50)60-33(3)43(52)62-35(5)45(54)64-37(7)47(56)66-39(9)49(58)67-38(8)48(57)65-36(6)46(55)63-34(4)44(53)61-32(2)42(51)59-31-40-28-25-24-26-29-40/h24-26,28-29,32-39H,10-23,27,30-31H2,1-9H3/t32-,33?,34-,35-,36-,37-,38-,39-/m0/s1. The first-order valence-corrected chi connectivity index (χ1v) is 23.6. The van der Waals surface area contributed by atoms with Gasteiger partial charge in [0.15, 0.2) is 48.8 Å². The van der Waals surface area contributed by atoms with Crippen LogP contribution in [0.15, 0.2) is 30.3 Å². The van der Waals surface area contributed by atoms with Gasteiger partial charge in [-0.1, -0.05) is 127 Å². The van der Waals surface area contributed by atoms with E-state index in [0.29, 0.717) is 6.42 Å². The van der Waals surface area contributed by atoms with Crippen LogP contribution in [-0.4, -0.2) is 103 Å². The van der Waals surface area contributed by atoms with E-state index in [0.717, 1.165) is 52.5 Å². The second-order valence-corrected chi connectivity index (χ2v) is 16.5. The second kappa shape index (κ2) is 33.8. The zero-order valence-electron chi connectivity index (χ0n) is 40.9. The molecule has 378 valence electrons. The summed E-state index contributed by atoms with van der Waals surface area (Å²) in [5.41, 5.74) is 0.717. The van der Waals surface area contributed by atoms with Crippen molar-refractivity contribution in [2.75, 3.05) is 0 Å². The molecule has 0 aromatic heterocycles. The molecule has 0 radical (unpaired) electrons. The molecule has 1 rings (SSSR count). The highest BCUT2D eigenvalue weighted by molar-refractivity contribution is 5.88. The van der Waals surface area contributed by atoms with E-state index in [1.807, 2.05) is 0 Å². The third-order valence-electron chi connectivity index (χ3n) is 10.2. The molecule has 18 heteroatoms. The number of unbranched alkanes of at least 4 members (excludes halogenated alkanes) is 14. The SMILES string of the molecule is CCCCCCCCCCCCCCCCCC(=O)OC(C)C(=O)O[C@@H](C)C(=O)O[C@@H](C)C(=O)O[C@@H](C)C(=O)O[C@@H](C)C(=O)O[C@@H](C)C(=O)O[C@@H](C)C(=O)O[C@@H](C)C(=O)OCc1ccccc1. The number of hydrogen-bond donors (Lipinski definition) is 0. The zero-order valence-corrected chi connectivity index (χ0v) is 40.9. The molecule has 0 bridgehead atoms. The van der Waals surface area contributed by atoms with Crippen molar-refractivity contribution in [3.63, 3.8) is 0 Å². The van der Waals surface area contributed by atoms with E-state index in [9.17, 15) is 43.2 Å². The van der Waals surface area contributed by atoms with E-state index in [2.05, 4.69) is 6.92 Å². The summed E-state index contributed by atoms with van der Waals surface area (Å²) in [6, 6.07) is 8.80. The van der Waals surface area contributed by atoms with Gasteiger partial charge in [-0.05, 0) is 67.4 Å². The highest BCUT2D eigenvalue weighted by Crippen LogP contribution is 2.15. The number of benzene rings is 1. The topological polar surface area (TPSA) is 237 Å². The van der Waals surface area contributed by atoms with Crippen LogP contribution >= 0.6 is 0 Å². The molecule has 0 aliphatic rings. The minimum Gasteiger partial charge on any atom is -0.458 e. The van der Waals surface area contributed by atoms with Gasteiger partial charge >= 0.3 is 53.7 Å². The summed E-state index contributed by atoms with van der Waals surface area (Å²) in [6.07, 6.45) is 5.94. The van der Waals surface area contributed by atoms with Crippen molar-refractivity contribution in [2.45, 2.75) is 220 Å². The molecular weight excluding hydrogens is 877 g/mol. The number of carbonyl (C=O) groups is 9. The van der Waals surface area contributed by atoms with Gasteiger partial charge in [0.25, 0.3) is 0 Å². The van der Waals surface area contributed by atoms with E-state index < -0.39 is 103 Å². The van der Waals surface area contributed by atoms with E-state index in [-0.39, 0.29) is 13.0 Å². The van der Waals surface area contributed by atoms with Crippen molar-refractivity contribution in [1.82, 2.24) is 0 Å². The maximum Gasteiger partial charge on any atom is 0.347 e. The molecule has 0 fully saturated rings. The maximum absolute atomic E-state index is 12.6. The summed E-state index contributed by atoms with van der Waals surface area (Å²) in [5, 5.41) is 0. The van der Waals surface area contributed by atoms with Gasteiger partial charge < -0.3 is 42.6 Å². The molecular formula is C49H74O18. The van der Waals surface area contributed by atoms with Crippen LogP contribution in [0.1, 0.15) is 171 Å². The number of carbonyl (C=O) groups excluding carboxylic acids is 9. The Bertz CT molecular complexity index is 1700. The summed E-state index contributed by atoms with van der Waals surface area (Å²) in [4.78, 5) is 112. The Labute approximate surface area is 395 Å². The summed E-state index contributed by atoms with van der Waals surface area (Å²) < 4.78 is 45.3. The monoisotopic (exact) mass is 950 g/mol. The molecule has 0 spiro atoms. The van der Waals surface area contributed by atoms with E-state index in [1.54, 1.807) is 30.3 Å². The molecule has 0 aliphatic heterocycles. The summed E-state index contributed by atoms with van der Waals surface area (Å²) >= 11 is 0. The van der Waals surface area contributed by atoms with Gasteiger partial charge in [0.05, 0.1) is 0 Å². The fraction of sp³-hybridized carbons (Fsp3) is 0.694. The van der Waals surface area contributed by atoms with Crippen molar-refractivity contribution in [1.29, 1.82) is 0 Å². The van der Waals surface area contributed by atoms with Gasteiger partial charge in [-0.3, -0.25) is 4.79 Å². The predicted octanol–water partition coefficient (Wildman–Crippen LogP) is 7.44. The molecule has 67 heavy (non-hydrogen) atoms. The molecule has 18 nitrogen and oxygen atoms in total. The molecule has 0 N–H and O–H groups in total. The Kier molecular flexibility index (Phi) is 30.0. The van der Waals surface area contributed by atoms with Crippen LogP contribution in [0.4, 0.5) is 0 Å². The van der Waals surface area contributed by atoms with Crippen LogP contribution in [-0.2, 0) is 92.4 Å². The van der Waals surface area contributed by atoms with Gasteiger partial charge in [0.1, 0.15) is 6.61 Å². The van der Waals surface area contributed by atoms with Gasteiger partial charge in [-0.25, -0.2) is 38.4 Å². The second-order valence-electron chi connectivity index (χ2n) is 16.5. The summed E-state index contributed by atoms with van der Waals surface area (Å²) in [5.74, 6) is -9.36. The normalized spacial score (nSPS) is 14.5. The molecule has 0 amide bonds. The highest BCUT2D eigenvalue weighted by Gasteiger charge is 2.33. The van der Waals surface area contributed by atoms with Crippen molar-refractivity contribution >= 4 is 53.7 Å². The fourth-order valence-electron chi connectivity index (χ4n) is 6.02. The van der Waals surface area contributed by atoms with Gasteiger partial charge in [-0.15, -0.1) is 0 Å². The smallest absolute Gasteiger partial charge is 0.347 e. The van der Waals surface area contributed by atoms with E-state index in [1.165, 1.54) is 98.3 Å². The van der Waals surface area contributed by atoms with Crippen molar-refractivity contribution in [3.05, 3.63) is 35.9 Å². The molecule has 0 aliphatic carbocycles. The third-order valence-corrected chi connectivity index (χ3v) is 10.2. The largest absolute Gasteiger partial charge is 0.458 e. The number of hydrogen-bond acceptors (Lipinski definition) is 18. The molecule has 0 saturated carbocycles. The van der Waals surface area contributed by atoms with Crippen molar-refractivity contribution in [3.8, 4) is 0 Å². The van der Waals surface area contributed by atoms with Crippen molar-refractivity contribution in [2.24, 2.45) is 0 Å². The van der Waals surface area contributed by atoms with E-state index >= 15 is 0 Å². The summed E-state index contributed by atoms with van der Waals surface area (Å²) in [6.45, 7) is 11.6. The van der Waals surface area contributed by atoms with Gasteiger partial charge in [0, 0.05) is 6.42 Å². The van der Waals surface area contributed by atoms with Crippen LogP contribution in [0.25, 0.3) is 0 Å². The average molecular weight is 951 g/mol. The Hall–Kier alpha value is -5.55. The quantitative estimate of drug-likeness (QED) is 0.0370. The first-order chi connectivity index (χ1) is 31.8. The number of ether oxygens (including phenoxy) is 9. The first kappa shape index (κ1) is 59.5. The molecule has 1 aromatic rings. The molecule has 0 saturated heterocycles. The lowest BCUT2D eigenvalue weighted by molar-refractivity contribution is -0.189. The minimum absolute atomic E-state index is 0.0491. The Morgan fingerprint density at radius 1 is 0.343 bits per heavy atom. The Morgan fingerprint density at radius 2 is 0.597 bits per heavy atom. The first-order valence-electron chi connectivity index (χ1n) is 23.6. The molecule has 1 unspecified atom stereocenters. The van der Waals surface area contributed by atoms with Crippen LogP contribution in [0.2, 0.25) is 0 Å². The minimum atomic E-state index is -1.62. The lowest BCUT2D eigenvalue weighted by Crippen LogP contribution is -2.39. The number of esters is 9. The molecule has 0 heterocycles. The average Bonchev–Trinajstić information content (AvgIpc) is 3.29. The van der Waals surface area contributed by atoms with Crippen molar-refractivity contribution < 1.29 is 85.8 Å². The molecule has 8 atom stereocenters. The summed E-state index contributed by atoms with van der Waals surface area (Å²) in [7, 11) is 0. The van der Waals surface area contributed by atoms with Gasteiger partial charge in [-0.2, -0.15) is 0 Å². The lowest BCUT2D eigenvalue weighted by Gasteiger charge is -2.21. The lowest BCUT2D eigenvalue weighted by atomic mass is 10.0. The third kappa shape index (κ3) is 26.4. The van der Waals surface area contributed by atoms with Crippen LogP contribution in [0, 0.1) is 0 Å². The number of rotatable bonds is 34. The Morgan fingerprint density at radius 3 is 0.896 bits per heavy atom. The Balaban J connectivity index is 2.34. The zero-order chi connectivity index (χ0) is 50.3. The van der Waals surface area contributed by atoms with Crippen LogP contribution in [0.3, 0.4) is 0 Å². The fourth-order valence-corrected chi connectivity index (χ4v) is 6.02. The highest BCUT2D eigenvalue weighted by atomic mass is 16.7. The van der Waals surface area contributed by atoms with E-state index in [4.69, 9.17) is 42.6 Å². The van der Waals surface area contributed by atoms with Crippen LogP contribution in [0.5, 0.6) is 0 Å². The molecule has 1 aromatic carbocycles. The maximum atomic E-state index is 12.6. The van der Waals surface area contributed by atoms with Gasteiger partial charge in [0.2, 0.25) is 0 Å².